The van der Waals surface area contributed by atoms with Gasteiger partial charge in [-0.3, -0.25) is 4.72 Å². The molecule has 0 radical (unpaired) electrons. The predicted molar refractivity (Wildman–Crippen MR) is 72.0 cm³/mol. The standard InChI is InChI=1S/C9H10BrN5O3S/c1-15-9(8(10)12-14-15)19(17,18)13-7-3-2-5(16)4-6(7)11/h2-4,13,16H,11H2,1H3. The molecule has 102 valence electrons. The van der Waals surface area contributed by atoms with Crippen LogP contribution in [0.1, 0.15) is 0 Å². The van der Waals surface area contributed by atoms with Crippen molar-refractivity contribution in [3.8, 4) is 5.75 Å². The fourth-order valence-corrected chi connectivity index (χ4v) is 3.63. The maximum absolute atomic E-state index is 12.2. The quantitative estimate of drug-likeness (QED) is 0.553. The van der Waals surface area contributed by atoms with Gasteiger partial charge in [-0.15, -0.1) is 5.10 Å². The molecule has 1 aromatic carbocycles. The maximum Gasteiger partial charge on any atom is 0.281 e. The van der Waals surface area contributed by atoms with Crippen LogP contribution in [0.5, 0.6) is 5.75 Å². The Morgan fingerprint density at radius 3 is 2.68 bits per heavy atom. The van der Waals surface area contributed by atoms with Gasteiger partial charge in [0.2, 0.25) is 5.03 Å². The van der Waals surface area contributed by atoms with E-state index in [0.29, 0.717) is 0 Å². The normalized spacial score (nSPS) is 11.5. The van der Waals surface area contributed by atoms with Crippen molar-refractivity contribution in [2.75, 3.05) is 10.5 Å². The van der Waals surface area contributed by atoms with Gasteiger partial charge in [-0.25, -0.2) is 4.68 Å². The molecule has 0 saturated heterocycles. The van der Waals surface area contributed by atoms with Crippen molar-refractivity contribution in [3.63, 3.8) is 0 Å². The van der Waals surface area contributed by atoms with Crippen LogP contribution in [0.15, 0.2) is 27.8 Å². The summed E-state index contributed by atoms with van der Waals surface area (Å²) in [6.45, 7) is 0. The van der Waals surface area contributed by atoms with E-state index in [1.807, 2.05) is 0 Å². The first-order valence-electron chi connectivity index (χ1n) is 4.98. The molecule has 8 nitrogen and oxygen atoms in total. The van der Waals surface area contributed by atoms with Crippen LogP contribution in [-0.2, 0) is 17.1 Å². The number of nitrogens with zero attached hydrogens (tertiary/aromatic N) is 3. The lowest BCUT2D eigenvalue weighted by Gasteiger charge is -2.10. The Morgan fingerprint density at radius 1 is 1.47 bits per heavy atom. The second-order valence-corrected chi connectivity index (χ2v) is 6.03. The van der Waals surface area contributed by atoms with Crippen LogP contribution >= 0.6 is 15.9 Å². The topological polar surface area (TPSA) is 123 Å². The van der Waals surface area contributed by atoms with E-state index in [9.17, 15) is 13.5 Å². The monoisotopic (exact) mass is 347 g/mol. The highest BCUT2D eigenvalue weighted by Crippen LogP contribution is 2.27. The van der Waals surface area contributed by atoms with E-state index in [1.54, 1.807) is 0 Å². The summed E-state index contributed by atoms with van der Waals surface area (Å²) in [5.41, 5.74) is 5.89. The molecule has 0 saturated carbocycles. The molecule has 0 aliphatic carbocycles. The lowest BCUT2D eigenvalue weighted by Crippen LogP contribution is -2.18. The summed E-state index contributed by atoms with van der Waals surface area (Å²) in [6, 6.07) is 3.93. The molecule has 0 amide bonds. The van der Waals surface area contributed by atoms with Crippen molar-refractivity contribution in [1.82, 2.24) is 15.0 Å². The molecular formula is C9H10BrN5O3S. The molecule has 10 heteroatoms. The second-order valence-electron chi connectivity index (χ2n) is 3.69. The predicted octanol–water partition coefficient (Wildman–Crippen LogP) is 0.666. The van der Waals surface area contributed by atoms with Crippen molar-refractivity contribution in [2.45, 2.75) is 5.03 Å². The molecule has 1 aromatic heterocycles. The molecule has 0 unspecified atom stereocenters. The number of hydrogen-bond donors (Lipinski definition) is 3. The van der Waals surface area contributed by atoms with Crippen LogP contribution < -0.4 is 10.5 Å². The number of nitrogens with two attached hydrogens (primary N) is 1. The molecule has 0 aliphatic rings. The Labute approximate surface area is 117 Å². The number of hydrogen-bond acceptors (Lipinski definition) is 6. The number of phenols is 1. The summed E-state index contributed by atoms with van der Waals surface area (Å²) in [4.78, 5) is 0. The van der Waals surface area contributed by atoms with Gasteiger partial charge in [0, 0.05) is 13.1 Å². The van der Waals surface area contributed by atoms with Gasteiger partial charge in [-0.05, 0) is 28.1 Å². The number of nitrogens with one attached hydrogen (secondary N) is 1. The SMILES string of the molecule is Cn1nnc(Br)c1S(=O)(=O)Nc1ccc(O)cc1N. The van der Waals surface area contributed by atoms with Crippen LogP contribution in [-0.4, -0.2) is 28.5 Å². The largest absolute Gasteiger partial charge is 0.508 e. The summed E-state index contributed by atoms with van der Waals surface area (Å²) in [6.07, 6.45) is 0. The molecule has 2 rings (SSSR count). The van der Waals surface area contributed by atoms with Crippen molar-refractivity contribution < 1.29 is 13.5 Å². The Balaban J connectivity index is 2.42. The molecule has 19 heavy (non-hydrogen) atoms. The van der Waals surface area contributed by atoms with Crippen molar-refractivity contribution in [1.29, 1.82) is 0 Å². The summed E-state index contributed by atoms with van der Waals surface area (Å²) in [5.74, 6) is -0.0520. The van der Waals surface area contributed by atoms with Gasteiger partial charge in [-0.1, -0.05) is 5.21 Å². The molecule has 4 N–H and O–H groups in total. The average Bonchev–Trinajstić information content (AvgIpc) is 2.63. The van der Waals surface area contributed by atoms with Crippen LogP contribution in [0.25, 0.3) is 0 Å². The Kier molecular flexibility index (Phi) is 3.37. The molecule has 0 bridgehead atoms. The van der Waals surface area contributed by atoms with Gasteiger partial charge in [0.1, 0.15) is 5.75 Å². The number of sulfonamides is 1. The Morgan fingerprint density at radius 2 is 2.16 bits per heavy atom. The molecule has 2 aromatic rings. The third-order valence-corrected chi connectivity index (χ3v) is 4.52. The van der Waals surface area contributed by atoms with E-state index in [4.69, 9.17) is 5.73 Å². The molecular weight excluding hydrogens is 338 g/mol. The number of benzene rings is 1. The van der Waals surface area contributed by atoms with E-state index in [0.717, 1.165) is 4.68 Å². The highest BCUT2D eigenvalue weighted by atomic mass is 79.9. The third-order valence-electron chi connectivity index (χ3n) is 2.27. The lowest BCUT2D eigenvalue weighted by atomic mass is 10.2. The number of rotatable bonds is 3. The highest BCUT2D eigenvalue weighted by Gasteiger charge is 2.24. The number of anilines is 2. The van der Waals surface area contributed by atoms with E-state index in [-0.39, 0.29) is 26.8 Å². The molecule has 0 spiro atoms. The van der Waals surface area contributed by atoms with Crippen LogP contribution in [0, 0.1) is 0 Å². The first-order valence-corrected chi connectivity index (χ1v) is 7.25. The van der Waals surface area contributed by atoms with Gasteiger partial charge in [0.25, 0.3) is 10.0 Å². The minimum Gasteiger partial charge on any atom is -0.508 e. The van der Waals surface area contributed by atoms with Crippen LogP contribution in [0.4, 0.5) is 11.4 Å². The van der Waals surface area contributed by atoms with Crippen molar-refractivity contribution in [3.05, 3.63) is 22.8 Å². The zero-order chi connectivity index (χ0) is 14.2. The minimum absolute atomic E-state index is 0.0520. The van der Waals surface area contributed by atoms with Gasteiger partial charge >= 0.3 is 0 Å². The smallest absolute Gasteiger partial charge is 0.281 e. The zero-order valence-corrected chi connectivity index (χ0v) is 12.1. The van der Waals surface area contributed by atoms with Crippen molar-refractivity contribution in [2.24, 2.45) is 7.05 Å². The fraction of sp³-hybridized carbons (Fsp3) is 0.111. The van der Waals surface area contributed by atoms with E-state index in [2.05, 4.69) is 31.0 Å². The number of aryl methyl sites for hydroxylation is 1. The number of aromatic hydroxyl groups is 1. The molecule has 1 heterocycles. The summed E-state index contributed by atoms with van der Waals surface area (Å²) in [7, 11) is -2.44. The van der Waals surface area contributed by atoms with Crippen LogP contribution in [0.3, 0.4) is 0 Å². The number of nitrogen functional groups attached to an aromatic ring is 1. The van der Waals surface area contributed by atoms with Gasteiger partial charge in [0.15, 0.2) is 4.60 Å². The number of phenolic OH excluding ortho intramolecular Hbond substituents is 1. The molecule has 0 fully saturated rings. The number of aromatic nitrogens is 3. The Bertz CT molecular complexity index is 708. The summed E-state index contributed by atoms with van der Waals surface area (Å²) >= 11 is 3.01. The van der Waals surface area contributed by atoms with E-state index in [1.165, 1.54) is 25.2 Å². The molecule has 0 atom stereocenters. The summed E-state index contributed by atoms with van der Waals surface area (Å²) in [5, 5.41) is 16.3. The zero-order valence-electron chi connectivity index (χ0n) is 9.70. The fourth-order valence-electron chi connectivity index (χ4n) is 1.44. The summed E-state index contributed by atoms with van der Waals surface area (Å²) < 4.78 is 27.9. The number of halogens is 1. The van der Waals surface area contributed by atoms with Gasteiger partial charge < -0.3 is 10.8 Å². The highest BCUT2D eigenvalue weighted by molar-refractivity contribution is 9.10. The van der Waals surface area contributed by atoms with E-state index >= 15 is 0 Å². The van der Waals surface area contributed by atoms with E-state index < -0.39 is 10.0 Å². The minimum atomic E-state index is -3.89. The lowest BCUT2D eigenvalue weighted by molar-refractivity contribution is 0.475. The second kappa shape index (κ2) is 4.70. The average molecular weight is 348 g/mol. The third kappa shape index (κ3) is 2.63. The molecule has 0 aliphatic heterocycles. The maximum atomic E-state index is 12.2. The van der Waals surface area contributed by atoms with Crippen LogP contribution in [0.2, 0.25) is 0 Å². The first-order chi connectivity index (χ1) is 8.81. The van der Waals surface area contributed by atoms with Gasteiger partial charge in [-0.2, -0.15) is 8.42 Å². The first kappa shape index (κ1) is 13.6. The van der Waals surface area contributed by atoms with Gasteiger partial charge in [0.05, 0.1) is 11.4 Å². The Hall–Kier alpha value is -1.81. The van der Waals surface area contributed by atoms with Crippen molar-refractivity contribution >= 4 is 37.3 Å².